The molecule has 2 aromatic rings. The van der Waals surface area contributed by atoms with E-state index < -0.39 is 40.9 Å². The molecule has 0 radical (unpaired) electrons. The van der Waals surface area contributed by atoms with Gasteiger partial charge in [-0.15, -0.1) is 0 Å². The highest BCUT2D eigenvalue weighted by Gasteiger charge is 2.17. The van der Waals surface area contributed by atoms with Crippen molar-refractivity contribution < 1.29 is 31.9 Å². The zero-order chi connectivity index (χ0) is 20.7. The quantitative estimate of drug-likeness (QED) is 0.505. The molecule has 148 valence electrons. The van der Waals surface area contributed by atoms with Gasteiger partial charge >= 0.3 is 5.97 Å². The Morgan fingerprint density at radius 2 is 1.75 bits per heavy atom. The zero-order valence-electron chi connectivity index (χ0n) is 14.8. The van der Waals surface area contributed by atoms with E-state index in [9.17, 15) is 27.2 Å². The molecule has 2 aromatic carbocycles. The standard InChI is InChI=1S/C18H17FN2O6S/c1-12(22)13-5-7-15(8-6-13)21-17(23)11-27-18(24)10-20-28(25,26)16-4-2-3-14(19)9-16/h2-9,20H,10-11H2,1H3,(H,21,23). The van der Waals surface area contributed by atoms with Crippen LogP contribution in [0.25, 0.3) is 0 Å². The molecule has 0 saturated carbocycles. The minimum Gasteiger partial charge on any atom is -0.455 e. The van der Waals surface area contributed by atoms with Gasteiger partial charge in [0.2, 0.25) is 10.0 Å². The maximum atomic E-state index is 13.1. The third-order valence-corrected chi connectivity index (χ3v) is 4.85. The van der Waals surface area contributed by atoms with Crippen LogP contribution in [0.4, 0.5) is 10.1 Å². The maximum absolute atomic E-state index is 13.1. The smallest absolute Gasteiger partial charge is 0.321 e. The average molecular weight is 408 g/mol. The first-order chi connectivity index (χ1) is 13.2. The molecule has 8 nitrogen and oxygen atoms in total. The molecule has 0 spiro atoms. The molecule has 10 heteroatoms. The molecule has 0 heterocycles. The molecule has 0 fully saturated rings. The Morgan fingerprint density at radius 3 is 2.36 bits per heavy atom. The lowest BCUT2D eigenvalue weighted by Crippen LogP contribution is -2.32. The summed E-state index contributed by atoms with van der Waals surface area (Å²) in [6.45, 7) is 0.0595. The second-order valence-electron chi connectivity index (χ2n) is 5.62. The van der Waals surface area contributed by atoms with Crippen molar-refractivity contribution in [2.24, 2.45) is 0 Å². The topological polar surface area (TPSA) is 119 Å². The van der Waals surface area contributed by atoms with E-state index in [-0.39, 0.29) is 10.7 Å². The Hall–Kier alpha value is -3.11. The lowest BCUT2D eigenvalue weighted by atomic mass is 10.1. The average Bonchev–Trinajstić information content (AvgIpc) is 2.65. The summed E-state index contributed by atoms with van der Waals surface area (Å²) in [7, 11) is -4.10. The van der Waals surface area contributed by atoms with Gasteiger partial charge in [-0.2, -0.15) is 4.72 Å². The fourth-order valence-electron chi connectivity index (χ4n) is 2.05. The summed E-state index contributed by atoms with van der Waals surface area (Å²) < 4.78 is 43.7. The highest BCUT2D eigenvalue weighted by atomic mass is 32.2. The molecule has 0 aliphatic carbocycles. The minimum atomic E-state index is -4.10. The molecule has 0 unspecified atom stereocenters. The van der Waals surface area contributed by atoms with Gasteiger partial charge in [0.1, 0.15) is 12.4 Å². The number of Topliss-reactive ketones (excluding diaryl/α,β-unsaturated/α-hetero) is 1. The van der Waals surface area contributed by atoms with Crippen molar-refractivity contribution in [3.05, 3.63) is 59.9 Å². The summed E-state index contributed by atoms with van der Waals surface area (Å²) in [5.41, 5.74) is 0.882. The number of anilines is 1. The molecule has 0 bridgehead atoms. The van der Waals surface area contributed by atoms with Crippen molar-refractivity contribution in [1.82, 2.24) is 4.72 Å². The van der Waals surface area contributed by atoms with E-state index in [4.69, 9.17) is 0 Å². The van der Waals surface area contributed by atoms with E-state index in [0.717, 1.165) is 12.1 Å². The van der Waals surface area contributed by atoms with Crippen LogP contribution in [0, 0.1) is 5.82 Å². The molecule has 0 saturated heterocycles. The van der Waals surface area contributed by atoms with Gasteiger partial charge in [0, 0.05) is 11.3 Å². The number of ether oxygens (including phenoxy) is 1. The van der Waals surface area contributed by atoms with Gasteiger partial charge in [0.05, 0.1) is 4.90 Å². The van der Waals surface area contributed by atoms with Crippen LogP contribution in [0.15, 0.2) is 53.4 Å². The van der Waals surface area contributed by atoms with Crippen molar-refractivity contribution in [3.8, 4) is 0 Å². The van der Waals surface area contributed by atoms with Gasteiger partial charge in [-0.1, -0.05) is 6.07 Å². The van der Waals surface area contributed by atoms with E-state index in [1.54, 1.807) is 0 Å². The lowest BCUT2D eigenvalue weighted by Gasteiger charge is -2.08. The molecule has 0 atom stereocenters. The summed E-state index contributed by atoms with van der Waals surface area (Å²) in [6, 6.07) is 10.4. The molecular formula is C18H17FN2O6S. The van der Waals surface area contributed by atoms with Crippen LogP contribution in [0.1, 0.15) is 17.3 Å². The number of ketones is 1. The van der Waals surface area contributed by atoms with Crippen molar-refractivity contribution in [2.75, 3.05) is 18.5 Å². The number of nitrogens with one attached hydrogen (secondary N) is 2. The van der Waals surface area contributed by atoms with Crippen molar-refractivity contribution in [2.45, 2.75) is 11.8 Å². The Morgan fingerprint density at radius 1 is 1.07 bits per heavy atom. The number of rotatable bonds is 8. The first-order valence-electron chi connectivity index (χ1n) is 7.99. The maximum Gasteiger partial charge on any atom is 0.321 e. The zero-order valence-corrected chi connectivity index (χ0v) is 15.6. The third kappa shape index (κ3) is 6.25. The van der Waals surface area contributed by atoms with E-state index >= 15 is 0 Å². The summed E-state index contributed by atoms with van der Waals surface area (Å²) >= 11 is 0. The Bertz CT molecular complexity index is 989. The van der Waals surface area contributed by atoms with Crippen LogP contribution in [-0.2, 0) is 24.3 Å². The second-order valence-corrected chi connectivity index (χ2v) is 7.39. The number of carbonyl (C=O) groups is 3. The number of hydrogen-bond acceptors (Lipinski definition) is 6. The summed E-state index contributed by atoms with van der Waals surface area (Å²) in [5.74, 6) is -2.48. The first-order valence-corrected chi connectivity index (χ1v) is 9.47. The summed E-state index contributed by atoms with van der Waals surface area (Å²) in [6.07, 6.45) is 0. The number of sulfonamides is 1. The van der Waals surface area contributed by atoms with Gasteiger partial charge in [-0.3, -0.25) is 14.4 Å². The fourth-order valence-corrected chi connectivity index (χ4v) is 3.05. The van der Waals surface area contributed by atoms with E-state index in [1.165, 1.54) is 43.3 Å². The first kappa shape index (κ1) is 21.2. The van der Waals surface area contributed by atoms with Gasteiger partial charge < -0.3 is 10.1 Å². The van der Waals surface area contributed by atoms with Crippen LogP contribution >= 0.6 is 0 Å². The van der Waals surface area contributed by atoms with E-state index in [1.807, 2.05) is 4.72 Å². The van der Waals surface area contributed by atoms with Gasteiger partial charge in [0.25, 0.3) is 5.91 Å². The van der Waals surface area contributed by atoms with Gasteiger partial charge in [-0.25, -0.2) is 12.8 Å². The molecule has 2 N–H and O–H groups in total. The monoisotopic (exact) mass is 408 g/mol. The molecule has 0 aliphatic rings. The number of esters is 1. The predicted octanol–water partition coefficient (Wildman–Crippen LogP) is 1.49. The molecule has 28 heavy (non-hydrogen) atoms. The highest BCUT2D eigenvalue weighted by molar-refractivity contribution is 7.89. The minimum absolute atomic E-state index is 0.118. The van der Waals surface area contributed by atoms with Crippen LogP contribution in [-0.4, -0.2) is 39.2 Å². The van der Waals surface area contributed by atoms with Crippen LogP contribution in [0.3, 0.4) is 0 Å². The number of carbonyl (C=O) groups excluding carboxylic acids is 3. The second kappa shape index (κ2) is 9.20. The van der Waals surface area contributed by atoms with Crippen LogP contribution in [0.5, 0.6) is 0 Å². The fraction of sp³-hybridized carbons (Fsp3) is 0.167. The van der Waals surface area contributed by atoms with E-state index in [0.29, 0.717) is 11.3 Å². The van der Waals surface area contributed by atoms with Crippen LogP contribution in [0.2, 0.25) is 0 Å². The summed E-state index contributed by atoms with van der Waals surface area (Å²) in [5, 5.41) is 2.46. The third-order valence-electron chi connectivity index (χ3n) is 3.45. The van der Waals surface area contributed by atoms with Gasteiger partial charge in [0.15, 0.2) is 12.4 Å². The van der Waals surface area contributed by atoms with E-state index in [2.05, 4.69) is 10.1 Å². The SMILES string of the molecule is CC(=O)c1ccc(NC(=O)COC(=O)CNS(=O)(=O)c2cccc(F)c2)cc1. The molecule has 1 amide bonds. The number of benzene rings is 2. The predicted molar refractivity (Wildman–Crippen MR) is 97.6 cm³/mol. The van der Waals surface area contributed by atoms with Crippen molar-refractivity contribution in [3.63, 3.8) is 0 Å². The lowest BCUT2D eigenvalue weighted by molar-refractivity contribution is -0.146. The van der Waals surface area contributed by atoms with Crippen molar-refractivity contribution in [1.29, 1.82) is 0 Å². The number of amides is 1. The molecular weight excluding hydrogens is 391 g/mol. The molecule has 2 rings (SSSR count). The van der Waals surface area contributed by atoms with Crippen molar-refractivity contribution >= 4 is 33.4 Å². The Labute approximate surface area is 160 Å². The molecule has 0 aromatic heterocycles. The Balaban J connectivity index is 1.80. The molecule has 0 aliphatic heterocycles. The highest BCUT2D eigenvalue weighted by Crippen LogP contribution is 2.11. The summed E-state index contributed by atoms with van der Waals surface area (Å²) in [4.78, 5) is 34.2. The number of hydrogen-bond donors (Lipinski definition) is 2. The van der Waals surface area contributed by atoms with Gasteiger partial charge in [-0.05, 0) is 49.4 Å². The normalized spacial score (nSPS) is 10.9. The van der Waals surface area contributed by atoms with Crippen LogP contribution < -0.4 is 10.0 Å². The Kier molecular flexibility index (Phi) is 6.96. The largest absolute Gasteiger partial charge is 0.455 e. The number of halogens is 1.